The van der Waals surface area contributed by atoms with Crippen LogP contribution in [0.15, 0.2) is 12.5 Å². The number of nitrogen functional groups attached to an aromatic ring is 1. The highest BCUT2D eigenvalue weighted by Gasteiger charge is 2.66. The standard InChI is InChI=1S/C32H54N4O6Si2/c1-14-37-23(38-15-2)17-16-21-18-36(28-24(21)27(33)34-20-35-28)29-26(41-43(12,13)30(3,4)5)25-22(40-29)19-39-44(42-25,31(6,7)8)32(9,10)11/h18,20,22-23,25-26,29H,14-15,19H2,1-13H3,(H2,33,34,35)/t22-,25-,26-,29-/m1/s1. The van der Waals surface area contributed by atoms with E-state index in [1.807, 2.05) is 24.6 Å². The van der Waals surface area contributed by atoms with Gasteiger partial charge in [0.05, 0.1) is 17.6 Å². The van der Waals surface area contributed by atoms with Gasteiger partial charge in [0, 0.05) is 29.5 Å². The Morgan fingerprint density at radius 2 is 1.66 bits per heavy atom. The van der Waals surface area contributed by atoms with Crippen LogP contribution in [0.1, 0.15) is 88.0 Å². The number of fused-ring (bicyclic) bond motifs is 2. The Balaban J connectivity index is 1.87. The van der Waals surface area contributed by atoms with Crippen LogP contribution in [0, 0.1) is 11.8 Å². The summed E-state index contributed by atoms with van der Waals surface area (Å²) >= 11 is 0. The molecule has 246 valence electrons. The van der Waals surface area contributed by atoms with Crippen molar-refractivity contribution >= 4 is 33.7 Å². The normalized spacial score (nSPS) is 24.4. The summed E-state index contributed by atoms with van der Waals surface area (Å²) in [6.07, 6.45) is 1.15. The highest BCUT2D eigenvalue weighted by molar-refractivity contribution is 6.74. The molecule has 0 amide bonds. The van der Waals surface area contributed by atoms with Gasteiger partial charge in [0.1, 0.15) is 36.1 Å². The van der Waals surface area contributed by atoms with E-state index in [0.29, 0.717) is 42.2 Å². The number of anilines is 1. The van der Waals surface area contributed by atoms with Crippen LogP contribution in [0.5, 0.6) is 0 Å². The zero-order chi connectivity index (χ0) is 32.9. The van der Waals surface area contributed by atoms with Crippen LogP contribution in [0.2, 0.25) is 28.2 Å². The number of ether oxygens (including phenoxy) is 3. The van der Waals surface area contributed by atoms with E-state index in [4.69, 9.17) is 33.2 Å². The minimum atomic E-state index is -2.81. The van der Waals surface area contributed by atoms with Gasteiger partial charge >= 0.3 is 8.56 Å². The minimum Gasteiger partial charge on any atom is -0.407 e. The minimum absolute atomic E-state index is 0.0288. The Hall–Kier alpha value is -1.83. The summed E-state index contributed by atoms with van der Waals surface area (Å²) in [5.74, 6) is 6.67. The van der Waals surface area contributed by atoms with Crippen LogP contribution in [-0.4, -0.2) is 75.8 Å². The molecule has 2 saturated heterocycles. The van der Waals surface area contributed by atoms with Crippen molar-refractivity contribution in [3.05, 3.63) is 18.1 Å². The number of rotatable bonds is 7. The fraction of sp³-hybridized carbons (Fsp3) is 0.750. The highest BCUT2D eigenvalue weighted by Crippen LogP contribution is 2.56. The molecule has 2 fully saturated rings. The third kappa shape index (κ3) is 6.40. The lowest BCUT2D eigenvalue weighted by Crippen LogP contribution is -2.66. The van der Waals surface area contributed by atoms with Gasteiger partial charge in [-0.05, 0) is 37.9 Å². The lowest BCUT2D eigenvalue weighted by atomic mass is 10.1. The van der Waals surface area contributed by atoms with Gasteiger partial charge in [0.15, 0.2) is 14.5 Å². The Morgan fingerprint density at radius 3 is 2.20 bits per heavy atom. The summed E-state index contributed by atoms with van der Waals surface area (Å²) < 4.78 is 41.5. The van der Waals surface area contributed by atoms with Gasteiger partial charge in [0.25, 0.3) is 0 Å². The van der Waals surface area contributed by atoms with Gasteiger partial charge in [-0.25, -0.2) is 9.97 Å². The first-order chi connectivity index (χ1) is 20.3. The SMILES string of the molecule is CCOC(C#Cc1cn([C@@H]2O[C@@H]3CO[Si](C(C)(C)C)(C(C)(C)C)O[C@H]3[C@H]2O[Si](C)(C)C(C)(C)C)c2ncnc(N)c12)OCC. The average Bonchev–Trinajstić information content (AvgIpc) is 3.43. The average molecular weight is 647 g/mol. The summed E-state index contributed by atoms with van der Waals surface area (Å²) in [4.78, 5) is 8.95. The zero-order valence-electron chi connectivity index (χ0n) is 29.0. The second-order valence-electron chi connectivity index (χ2n) is 15.3. The molecule has 0 bridgehead atoms. The maximum absolute atomic E-state index is 7.28. The topological polar surface area (TPSA) is 112 Å². The summed E-state index contributed by atoms with van der Waals surface area (Å²) in [5.41, 5.74) is 7.72. The molecule has 2 aromatic heterocycles. The van der Waals surface area contributed by atoms with E-state index in [1.54, 1.807) is 0 Å². The lowest BCUT2D eigenvalue weighted by molar-refractivity contribution is -0.0969. The van der Waals surface area contributed by atoms with Crippen LogP contribution >= 0.6 is 0 Å². The summed E-state index contributed by atoms with van der Waals surface area (Å²) in [6, 6.07) is 0. The monoisotopic (exact) mass is 646 g/mol. The van der Waals surface area contributed by atoms with Crippen LogP contribution in [0.25, 0.3) is 11.0 Å². The van der Waals surface area contributed by atoms with Crippen LogP contribution in [0.3, 0.4) is 0 Å². The number of aromatic nitrogens is 3. The van der Waals surface area contributed by atoms with E-state index >= 15 is 0 Å². The first-order valence-corrected chi connectivity index (χ1v) is 20.5. The summed E-state index contributed by atoms with van der Waals surface area (Å²) in [6.45, 7) is 29.8. The molecular formula is C32H54N4O6Si2. The van der Waals surface area contributed by atoms with Crippen LogP contribution < -0.4 is 5.73 Å². The number of nitrogens with two attached hydrogens (primary N) is 1. The largest absolute Gasteiger partial charge is 0.407 e. The molecule has 2 N–H and O–H groups in total. The van der Waals surface area contributed by atoms with Gasteiger partial charge < -0.3 is 37.8 Å². The molecule has 0 unspecified atom stereocenters. The van der Waals surface area contributed by atoms with Crippen molar-refractivity contribution < 1.29 is 27.5 Å². The van der Waals surface area contributed by atoms with E-state index in [9.17, 15) is 0 Å². The molecule has 4 atom stereocenters. The molecule has 0 saturated carbocycles. The molecule has 0 spiro atoms. The molecule has 10 nitrogen and oxygen atoms in total. The van der Waals surface area contributed by atoms with Gasteiger partial charge in [-0.2, -0.15) is 0 Å². The third-order valence-electron chi connectivity index (χ3n) is 9.12. The predicted octanol–water partition coefficient (Wildman–Crippen LogP) is 6.51. The Bertz CT molecular complexity index is 1360. The quantitative estimate of drug-likeness (QED) is 0.204. The van der Waals surface area contributed by atoms with E-state index < -0.39 is 35.5 Å². The molecule has 4 heterocycles. The molecule has 0 aromatic carbocycles. The number of nitrogens with zero attached hydrogens (tertiary/aromatic N) is 3. The molecule has 2 aromatic rings. The van der Waals surface area contributed by atoms with Crippen molar-refractivity contribution in [2.45, 2.75) is 135 Å². The van der Waals surface area contributed by atoms with E-state index in [1.165, 1.54) is 6.33 Å². The van der Waals surface area contributed by atoms with Gasteiger partial charge in [-0.3, -0.25) is 0 Å². The van der Waals surface area contributed by atoms with Gasteiger partial charge in [0.2, 0.25) is 6.29 Å². The third-order valence-corrected chi connectivity index (χ3v) is 18.7. The first-order valence-electron chi connectivity index (χ1n) is 15.8. The Morgan fingerprint density at radius 1 is 1.05 bits per heavy atom. The fourth-order valence-corrected chi connectivity index (χ4v) is 12.4. The molecule has 0 radical (unpaired) electrons. The van der Waals surface area contributed by atoms with Crippen LogP contribution in [0.4, 0.5) is 5.82 Å². The van der Waals surface area contributed by atoms with Gasteiger partial charge in [-0.15, -0.1) is 0 Å². The van der Waals surface area contributed by atoms with Gasteiger partial charge in [-0.1, -0.05) is 68.2 Å². The van der Waals surface area contributed by atoms with E-state index in [2.05, 4.69) is 97.2 Å². The maximum Gasteiger partial charge on any atom is 0.349 e. The van der Waals surface area contributed by atoms with Crippen LogP contribution in [-0.2, 0) is 27.5 Å². The molecule has 2 aliphatic heterocycles. The molecule has 4 rings (SSSR count). The molecule has 12 heteroatoms. The van der Waals surface area contributed by atoms with Crippen molar-refractivity contribution in [1.29, 1.82) is 0 Å². The second-order valence-corrected chi connectivity index (χ2v) is 24.9. The Kier molecular flexibility index (Phi) is 9.88. The summed E-state index contributed by atoms with van der Waals surface area (Å²) in [7, 11) is -5.11. The zero-order valence-corrected chi connectivity index (χ0v) is 31.0. The van der Waals surface area contributed by atoms with E-state index in [-0.39, 0.29) is 27.3 Å². The number of hydrogen-bond donors (Lipinski definition) is 1. The molecule has 44 heavy (non-hydrogen) atoms. The fourth-order valence-electron chi connectivity index (χ4n) is 6.16. The summed E-state index contributed by atoms with van der Waals surface area (Å²) in [5, 5.41) is 0.260. The molecular weight excluding hydrogens is 593 g/mol. The molecule has 2 aliphatic rings. The molecule has 0 aliphatic carbocycles. The van der Waals surface area contributed by atoms with Crippen molar-refractivity contribution in [3.63, 3.8) is 0 Å². The maximum atomic E-state index is 7.28. The van der Waals surface area contributed by atoms with Crippen molar-refractivity contribution in [2.24, 2.45) is 0 Å². The highest BCUT2D eigenvalue weighted by atomic mass is 28.4. The smallest absolute Gasteiger partial charge is 0.349 e. The Labute approximate surface area is 266 Å². The van der Waals surface area contributed by atoms with Crippen molar-refractivity contribution in [1.82, 2.24) is 14.5 Å². The van der Waals surface area contributed by atoms with E-state index in [0.717, 1.165) is 0 Å². The second kappa shape index (κ2) is 12.4. The van der Waals surface area contributed by atoms with Crippen molar-refractivity contribution in [2.75, 3.05) is 25.6 Å². The first kappa shape index (κ1) is 35.0. The predicted molar refractivity (Wildman–Crippen MR) is 178 cm³/mol. The lowest BCUT2D eigenvalue weighted by Gasteiger charge is -2.54. The van der Waals surface area contributed by atoms with Crippen molar-refractivity contribution in [3.8, 4) is 11.8 Å². The number of hydrogen-bond acceptors (Lipinski definition) is 9.